The zero-order chi connectivity index (χ0) is 8.48. The van der Waals surface area contributed by atoms with Crippen LogP contribution >= 0.6 is 0 Å². The summed E-state index contributed by atoms with van der Waals surface area (Å²) in [5, 5.41) is 10.5. The van der Waals surface area contributed by atoms with Crippen LogP contribution in [0.1, 0.15) is 0 Å². The van der Waals surface area contributed by atoms with Crippen molar-refractivity contribution in [2.75, 3.05) is 0 Å². The summed E-state index contributed by atoms with van der Waals surface area (Å²) in [5.41, 5.74) is 0. The van der Waals surface area contributed by atoms with E-state index in [1.165, 1.54) is 0 Å². The molecule has 0 amide bonds. The standard InChI is InChI=1S/C6H7AsO4.2Na/c8-6-3-1-5(2-4-6)7(9,10)11;;/h1-4,8H,(H2,9,10,11);;/q;2*+1/p-2. The first kappa shape index (κ1) is 16.7. The van der Waals surface area contributed by atoms with Crippen LogP contribution in [0.5, 0.6) is 5.75 Å². The fourth-order valence-corrected chi connectivity index (χ4v) is 1.74. The minimum atomic E-state index is -5.01. The van der Waals surface area contributed by atoms with Gasteiger partial charge in [0.2, 0.25) is 0 Å². The molecule has 0 aliphatic carbocycles. The van der Waals surface area contributed by atoms with Crippen molar-refractivity contribution in [3.05, 3.63) is 24.3 Å². The maximum atomic E-state index is 10.5. The van der Waals surface area contributed by atoms with Crippen molar-refractivity contribution < 1.29 is 76.2 Å². The first-order valence-electron chi connectivity index (χ1n) is 2.81. The largest absolute Gasteiger partial charge is 1.00 e. The van der Waals surface area contributed by atoms with Crippen molar-refractivity contribution in [3.8, 4) is 5.75 Å². The third-order valence-electron chi connectivity index (χ3n) is 1.16. The van der Waals surface area contributed by atoms with Gasteiger partial charge in [0.05, 0.1) is 0 Å². The molecule has 0 radical (unpaired) electrons. The molecular formula is C6H5AsNa2O4. The van der Waals surface area contributed by atoms with E-state index < -0.39 is 14.2 Å². The second kappa shape index (κ2) is 6.72. The maximum Gasteiger partial charge on any atom is 1.00 e. The Morgan fingerprint density at radius 3 is 1.85 bits per heavy atom. The van der Waals surface area contributed by atoms with E-state index in [-0.39, 0.29) is 69.2 Å². The number of hydrogen-bond donors (Lipinski definition) is 1. The predicted octanol–water partition coefficient (Wildman–Crippen LogP) is -8.30. The smallest absolute Gasteiger partial charge is 1.00 e. The third kappa shape index (κ3) is 5.67. The number of benzene rings is 1. The predicted molar refractivity (Wildman–Crippen MR) is 34.2 cm³/mol. The van der Waals surface area contributed by atoms with E-state index in [0.717, 1.165) is 24.3 Å². The second-order valence-corrected chi connectivity index (χ2v) is 5.28. The van der Waals surface area contributed by atoms with Gasteiger partial charge in [-0.05, 0) is 0 Å². The Morgan fingerprint density at radius 1 is 1.15 bits per heavy atom. The summed E-state index contributed by atoms with van der Waals surface area (Å²) in [6, 6.07) is 4.37. The van der Waals surface area contributed by atoms with Crippen LogP contribution in [0.3, 0.4) is 0 Å². The van der Waals surface area contributed by atoms with Crippen LogP contribution in [-0.2, 0) is 3.74 Å². The molecule has 0 fully saturated rings. The Kier molecular flexibility index (Phi) is 8.64. The molecule has 0 saturated heterocycles. The van der Waals surface area contributed by atoms with Crippen LogP contribution in [0.4, 0.5) is 0 Å². The van der Waals surface area contributed by atoms with Gasteiger partial charge in [-0.15, -0.1) is 0 Å². The van der Waals surface area contributed by atoms with E-state index >= 15 is 0 Å². The molecule has 4 nitrogen and oxygen atoms in total. The SMILES string of the molecule is O=[As]([O-])(O)c1ccc([O-])cc1.[Na+].[Na+]. The molecule has 13 heavy (non-hydrogen) atoms. The van der Waals surface area contributed by atoms with Gasteiger partial charge in [-0.2, -0.15) is 0 Å². The summed E-state index contributed by atoms with van der Waals surface area (Å²) >= 11 is -5.01. The van der Waals surface area contributed by atoms with Gasteiger partial charge in [0.25, 0.3) is 0 Å². The molecule has 1 unspecified atom stereocenters. The van der Waals surface area contributed by atoms with Crippen LogP contribution in [0.2, 0.25) is 0 Å². The molecule has 1 aromatic rings. The van der Waals surface area contributed by atoms with Crippen LogP contribution in [0.25, 0.3) is 0 Å². The van der Waals surface area contributed by atoms with E-state index in [9.17, 15) is 12.9 Å². The summed E-state index contributed by atoms with van der Waals surface area (Å²) in [6.45, 7) is 0. The second-order valence-electron chi connectivity index (χ2n) is 2.01. The Morgan fingerprint density at radius 2 is 1.54 bits per heavy atom. The molecule has 0 aliphatic heterocycles. The molecule has 1 rings (SSSR count). The van der Waals surface area contributed by atoms with Crippen molar-refractivity contribution in [2.24, 2.45) is 0 Å². The van der Waals surface area contributed by atoms with Crippen LogP contribution in [-0.4, -0.2) is 18.3 Å². The summed E-state index contributed by atoms with van der Waals surface area (Å²) < 4.78 is 29.3. The topological polar surface area (TPSA) is 83.4 Å². The molecule has 0 aliphatic rings. The van der Waals surface area contributed by atoms with E-state index in [2.05, 4.69) is 0 Å². The minimum Gasteiger partial charge on any atom is 1.00 e. The Labute approximate surface area is 123 Å². The van der Waals surface area contributed by atoms with Crippen molar-refractivity contribution in [1.82, 2.24) is 0 Å². The van der Waals surface area contributed by atoms with Gasteiger partial charge in [-0.3, -0.25) is 0 Å². The zero-order valence-corrected chi connectivity index (χ0v) is 13.3. The van der Waals surface area contributed by atoms with Gasteiger partial charge in [0, 0.05) is 0 Å². The molecule has 1 N–H and O–H groups in total. The van der Waals surface area contributed by atoms with Crippen molar-refractivity contribution >= 4 is 18.5 Å². The Hall–Kier alpha value is 1.30. The molecule has 0 spiro atoms. The molecule has 7 heteroatoms. The van der Waals surface area contributed by atoms with Crippen molar-refractivity contribution in [1.29, 1.82) is 0 Å². The van der Waals surface area contributed by atoms with Crippen LogP contribution < -0.4 is 72.7 Å². The molecule has 0 heterocycles. The monoisotopic (exact) mass is 262 g/mol. The van der Waals surface area contributed by atoms with Crippen LogP contribution in [0.15, 0.2) is 24.3 Å². The fraction of sp³-hybridized carbons (Fsp3) is 0. The van der Waals surface area contributed by atoms with E-state index in [1.54, 1.807) is 0 Å². The Balaban J connectivity index is 0. The van der Waals surface area contributed by atoms with Gasteiger partial charge < -0.3 is 0 Å². The average molecular weight is 262 g/mol. The number of rotatable bonds is 1. The third-order valence-corrected chi connectivity index (χ3v) is 3.16. The normalized spacial score (nSPS) is 13.4. The summed E-state index contributed by atoms with van der Waals surface area (Å²) in [6.07, 6.45) is 0. The van der Waals surface area contributed by atoms with Gasteiger partial charge in [-0.1, -0.05) is 0 Å². The maximum absolute atomic E-state index is 10.5. The van der Waals surface area contributed by atoms with E-state index in [1.807, 2.05) is 0 Å². The first-order chi connectivity index (χ1) is 5.00. The van der Waals surface area contributed by atoms with Gasteiger partial charge in [-0.25, -0.2) is 0 Å². The van der Waals surface area contributed by atoms with E-state index in [4.69, 9.17) is 4.10 Å². The molecule has 0 saturated carbocycles. The molecule has 60 valence electrons. The fourth-order valence-electron chi connectivity index (χ4n) is 0.635. The first-order valence-corrected chi connectivity index (χ1v) is 6.12. The Bertz CT molecular complexity index is 294. The van der Waals surface area contributed by atoms with Gasteiger partial charge in [0.1, 0.15) is 0 Å². The molecule has 1 atom stereocenters. The summed E-state index contributed by atoms with van der Waals surface area (Å²) in [7, 11) is 0. The summed E-state index contributed by atoms with van der Waals surface area (Å²) in [5.74, 6) is -0.280. The average Bonchev–Trinajstić information content (AvgIpc) is 1.86. The van der Waals surface area contributed by atoms with Crippen molar-refractivity contribution in [2.45, 2.75) is 0 Å². The van der Waals surface area contributed by atoms with E-state index in [0.29, 0.717) is 0 Å². The molecule has 1 aromatic carbocycles. The van der Waals surface area contributed by atoms with Gasteiger partial charge >= 0.3 is 125 Å². The van der Waals surface area contributed by atoms with Crippen LogP contribution in [0, 0.1) is 0 Å². The quantitative estimate of drug-likeness (QED) is 0.509. The zero-order valence-electron chi connectivity index (χ0n) is 7.43. The number of hydrogen-bond acceptors (Lipinski definition) is 3. The minimum absolute atomic E-state index is 0. The summed E-state index contributed by atoms with van der Waals surface area (Å²) in [4.78, 5) is 0. The molecular weight excluding hydrogens is 257 g/mol. The van der Waals surface area contributed by atoms with Gasteiger partial charge in [0.15, 0.2) is 0 Å². The van der Waals surface area contributed by atoms with Crippen molar-refractivity contribution in [3.63, 3.8) is 0 Å². The molecule has 0 aromatic heterocycles. The molecule has 0 bridgehead atoms.